The van der Waals surface area contributed by atoms with Gasteiger partial charge in [0, 0.05) is 12.6 Å². The Hall–Kier alpha value is -0.860. The first-order valence-corrected chi connectivity index (χ1v) is 5.73. The van der Waals surface area contributed by atoms with E-state index in [-0.39, 0.29) is 12.6 Å². The summed E-state index contributed by atoms with van der Waals surface area (Å²) in [6.45, 7) is 2.35. The zero-order chi connectivity index (χ0) is 11.1. The lowest BCUT2D eigenvalue weighted by Gasteiger charge is -2.10. The third-order valence-electron chi connectivity index (χ3n) is 2.67. The number of unbranched alkanes of at least 4 members (excludes halogenated alkanes) is 1. The van der Waals surface area contributed by atoms with Crippen molar-refractivity contribution in [1.29, 1.82) is 0 Å². The van der Waals surface area contributed by atoms with Crippen LogP contribution in [0.2, 0.25) is 0 Å². The molecule has 2 nitrogen and oxygen atoms in total. The average Bonchev–Trinajstić information content (AvgIpc) is 2.27. The topological polar surface area (TPSA) is 46.2 Å². The monoisotopic (exact) mass is 207 g/mol. The second-order valence-corrected chi connectivity index (χ2v) is 3.96. The van der Waals surface area contributed by atoms with E-state index in [2.05, 4.69) is 31.2 Å². The predicted molar refractivity (Wildman–Crippen MR) is 63.7 cm³/mol. The molecule has 1 aromatic carbocycles. The molecule has 0 unspecified atom stereocenters. The summed E-state index contributed by atoms with van der Waals surface area (Å²) in [4.78, 5) is 0. The van der Waals surface area contributed by atoms with E-state index >= 15 is 0 Å². The Kier molecular flexibility index (Phi) is 5.37. The summed E-state index contributed by atoms with van der Waals surface area (Å²) in [6.07, 6.45) is 4.24. The maximum Gasteiger partial charge on any atom is 0.0449 e. The number of hydrogen-bond acceptors (Lipinski definition) is 2. The molecule has 0 aromatic heterocycles. The highest BCUT2D eigenvalue weighted by molar-refractivity contribution is 5.24. The molecule has 1 rings (SSSR count). The van der Waals surface area contributed by atoms with Crippen molar-refractivity contribution in [3.63, 3.8) is 0 Å². The maximum absolute atomic E-state index is 8.79. The van der Waals surface area contributed by atoms with E-state index in [4.69, 9.17) is 10.8 Å². The molecule has 0 saturated heterocycles. The number of aryl methyl sites for hydroxylation is 1. The molecule has 0 aliphatic rings. The number of hydrogen-bond donors (Lipinski definition) is 2. The van der Waals surface area contributed by atoms with Crippen molar-refractivity contribution in [3.8, 4) is 0 Å². The summed E-state index contributed by atoms with van der Waals surface area (Å²) in [5.74, 6) is 0. The molecular formula is C13H21NO. The third kappa shape index (κ3) is 4.02. The zero-order valence-electron chi connectivity index (χ0n) is 9.45. The molecule has 0 saturated carbocycles. The quantitative estimate of drug-likeness (QED) is 0.752. The van der Waals surface area contributed by atoms with Gasteiger partial charge in [-0.1, -0.05) is 37.6 Å². The van der Waals surface area contributed by atoms with Crippen LogP contribution in [0.15, 0.2) is 24.3 Å². The van der Waals surface area contributed by atoms with Crippen LogP contribution in [0, 0.1) is 0 Å². The summed E-state index contributed by atoms with van der Waals surface area (Å²) in [5.41, 5.74) is 8.38. The third-order valence-corrected chi connectivity index (χ3v) is 2.67. The van der Waals surface area contributed by atoms with Gasteiger partial charge in [-0.3, -0.25) is 0 Å². The Morgan fingerprint density at radius 2 is 1.93 bits per heavy atom. The Balaban J connectivity index is 2.55. The molecule has 0 radical (unpaired) electrons. The molecule has 15 heavy (non-hydrogen) atoms. The molecule has 2 heteroatoms. The van der Waals surface area contributed by atoms with Gasteiger partial charge >= 0.3 is 0 Å². The zero-order valence-corrected chi connectivity index (χ0v) is 9.45. The van der Waals surface area contributed by atoms with Crippen molar-refractivity contribution in [2.24, 2.45) is 5.73 Å². The van der Waals surface area contributed by atoms with Crippen LogP contribution in [0.4, 0.5) is 0 Å². The number of aliphatic hydroxyl groups is 1. The molecule has 84 valence electrons. The van der Waals surface area contributed by atoms with Crippen molar-refractivity contribution < 1.29 is 5.11 Å². The fourth-order valence-corrected chi connectivity index (χ4v) is 1.62. The molecule has 0 heterocycles. The summed E-state index contributed by atoms with van der Waals surface area (Å²) < 4.78 is 0. The van der Waals surface area contributed by atoms with E-state index < -0.39 is 0 Å². The van der Waals surface area contributed by atoms with Crippen LogP contribution >= 0.6 is 0 Å². The highest BCUT2D eigenvalue weighted by Gasteiger charge is 2.04. The van der Waals surface area contributed by atoms with Crippen LogP contribution in [-0.2, 0) is 6.42 Å². The minimum Gasteiger partial charge on any atom is -0.396 e. The van der Waals surface area contributed by atoms with Crippen LogP contribution in [0.5, 0.6) is 0 Å². The van der Waals surface area contributed by atoms with E-state index in [1.54, 1.807) is 0 Å². The summed E-state index contributed by atoms with van der Waals surface area (Å²) in [6, 6.07) is 8.40. The molecule has 1 aromatic rings. The van der Waals surface area contributed by atoms with Gasteiger partial charge in [0.2, 0.25) is 0 Å². The second-order valence-electron chi connectivity index (χ2n) is 3.96. The van der Waals surface area contributed by atoms with Gasteiger partial charge in [0.15, 0.2) is 0 Å². The Morgan fingerprint density at radius 1 is 1.27 bits per heavy atom. The van der Waals surface area contributed by atoms with Gasteiger partial charge in [0.1, 0.15) is 0 Å². The minimum absolute atomic E-state index is 0.0322. The highest BCUT2D eigenvalue weighted by atomic mass is 16.3. The van der Waals surface area contributed by atoms with E-state index in [1.165, 1.54) is 18.4 Å². The molecule has 0 aliphatic heterocycles. The van der Waals surface area contributed by atoms with Gasteiger partial charge < -0.3 is 10.8 Å². The van der Waals surface area contributed by atoms with Crippen molar-refractivity contribution in [3.05, 3.63) is 35.4 Å². The van der Waals surface area contributed by atoms with Gasteiger partial charge in [0.05, 0.1) is 0 Å². The fraction of sp³-hybridized carbons (Fsp3) is 0.538. The molecule has 0 aliphatic carbocycles. The van der Waals surface area contributed by atoms with Crippen molar-refractivity contribution in [2.45, 2.75) is 38.6 Å². The molecule has 0 amide bonds. The Labute approximate surface area is 92.1 Å². The maximum atomic E-state index is 8.79. The molecule has 1 atom stereocenters. The van der Waals surface area contributed by atoms with Crippen molar-refractivity contribution in [2.75, 3.05) is 6.61 Å². The number of aliphatic hydroxyl groups excluding tert-OH is 1. The summed E-state index contributed by atoms with van der Waals surface area (Å²) in [7, 11) is 0. The number of rotatable bonds is 6. The summed E-state index contributed by atoms with van der Waals surface area (Å²) in [5, 5.41) is 8.79. The van der Waals surface area contributed by atoms with Crippen LogP contribution in [0.3, 0.4) is 0 Å². The smallest absolute Gasteiger partial charge is 0.0449 e. The Bertz CT molecular complexity index is 268. The normalized spacial score (nSPS) is 12.7. The lowest BCUT2D eigenvalue weighted by Crippen LogP contribution is -2.11. The first-order valence-electron chi connectivity index (χ1n) is 5.73. The Morgan fingerprint density at radius 3 is 2.47 bits per heavy atom. The van der Waals surface area contributed by atoms with Crippen LogP contribution in [-0.4, -0.2) is 11.7 Å². The minimum atomic E-state index is -0.0322. The molecule has 3 N–H and O–H groups in total. The first-order chi connectivity index (χ1) is 7.27. The fourth-order valence-electron chi connectivity index (χ4n) is 1.62. The SMILES string of the molecule is CCCCc1ccc([C@H](N)CCO)cc1. The van der Waals surface area contributed by atoms with Crippen molar-refractivity contribution in [1.82, 2.24) is 0 Å². The van der Waals surface area contributed by atoms with Gasteiger partial charge in [-0.2, -0.15) is 0 Å². The summed E-state index contributed by atoms with van der Waals surface area (Å²) >= 11 is 0. The molecule has 0 fully saturated rings. The molecular weight excluding hydrogens is 186 g/mol. The van der Waals surface area contributed by atoms with Crippen LogP contribution in [0.1, 0.15) is 43.4 Å². The van der Waals surface area contributed by atoms with Crippen LogP contribution in [0.25, 0.3) is 0 Å². The standard InChI is InChI=1S/C13H21NO/c1-2-3-4-11-5-7-12(8-6-11)13(14)9-10-15/h5-8,13,15H,2-4,9-10,14H2,1H3/t13-/m1/s1. The number of benzene rings is 1. The van der Waals surface area contributed by atoms with E-state index in [0.717, 1.165) is 12.0 Å². The lowest BCUT2D eigenvalue weighted by atomic mass is 10.0. The first kappa shape index (κ1) is 12.2. The van der Waals surface area contributed by atoms with Crippen LogP contribution < -0.4 is 5.73 Å². The van der Waals surface area contributed by atoms with Gasteiger partial charge in [-0.05, 0) is 30.4 Å². The van der Waals surface area contributed by atoms with E-state index in [1.807, 2.05) is 0 Å². The van der Waals surface area contributed by atoms with Gasteiger partial charge in [-0.25, -0.2) is 0 Å². The van der Waals surface area contributed by atoms with Crippen molar-refractivity contribution >= 4 is 0 Å². The lowest BCUT2D eigenvalue weighted by molar-refractivity contribution is 0.276. The average molecular weight is 207 g/mol. The van der Waals surface area contributed by atoms with Gasteiger partial charge in [-0.15, -0.1) is 0 Å². The van der Waals surface area contributed by atoms with Gasteiger partial charge in [0.25, 0.3) is 0 Å². The van der Waals surface area contributed by atoms with E-state index in [9.17, 15) is 0 Å². The largest absolute Gasteiger partial charge is 0.396 e. The molecule has 0 spiro atoms. The predicted octanol–water partition coefficient (Wildman–Crippen LogP) is 2.41. The molecule has 0 bridgehead atoms. The van der Waals surface area contributed by atoms with E-state index in [0.29, 0.717) is 6.42 Å². The number of nitrogens with two attached hydrogens (primary N) is 1. The second kappa shape index (κ2) is 6.59. The highest BCUT2D eigenvalue weighted by Crippen LogP contribution is 2.15.